The van der Waals surface area contributed by atoms with Crippen LogP contribution in [0, 0.1) is 28.9 Å². The molecule has 3 unspecified atom stereocenters. The van der Waals surface area contributed by atoms with Gasteiger partial charge in [-0.2, -0.15) is 0 Å². The van der Waals surface area contributed by atoms with E-state index in [1.54, 1.807) is 0 Å². The molecule has 2 rings (SSSR count). The molecule has 0 aromatic heterocycles. The number of hydrogen-bond acceptors (Lipinski definition) is 1. The number of rotatable bonds is 2. The molecule has 0 saturated heterocycles. The van der Waals surface area contributed by atoms with Gasteiger partial charge in [-0.3, -0.25) is 0 Å². The fraction of sp³-hybridized carbons (Fsp3) is 0.647. The van der Waals surface area contributed by atoms with Crippen LogP contribution in [0.1, 0.15) is 51.5 Å². The van der Waals surface area contributed by atoms with Gasteiger partial charge in [0.25, 0.3) is 0 Å². The third-order valence-corrected chi connectivity index (χ3v) is 4.89. The predicted octanol–water partition coefficient (Wildman–Crippen LogP) is 4.47. The van der Waals surface area contributed by atoms with Gasteiger partial charge < -0.3 is 5.73 Å². The second kappa shape index (κ2) is 5.80. The van der Waals surface area contributed by atoms with Crippen LogP contribution >= 0.6 is 0 Å². The molecule has 1 aromatic rings. The SMILES string of the molecule is CC(C)(C)C1CCC(CN)C(c2c(F)cccc2F)C1. The molecule has 1 aromatic carbocycles. The molecule has 1 aliphatic rings. The van der Waals surface area contributed by atoms with E-state index in [-0.39, 0.29) is 22.8 Å². The largest absolute Gasteiger partial charge is 0.330 e. The highest BCUT2D eigenvalue weighted by Crippen LogP contribution is 2.47. The van der Waals surface area contributed by atoms with E-state index in [1.807, 2.05) is 0 Å². The fourth-order valence-electron chi connectivity index (χ4n) is 3.52. The van der Waals surface area contributed by atoms with Crippen molar-refractivity contribution in [3.63, 3.8) is 0 Å². The van der Waals surface area contributed by atoms with Gasteiger partial charge in [-0.05, 0) is 61.1 Å². The first kappa shape index (κ1) is 15.4. The van der Waals surface area contributed by atoms with Gasteiger partial charge in [0.05, 0.1) is 0 Å². The Labute approximate surface area is 120 Å². The molecular formula is C17H25F2N. The average molecular weight is 281 g/mol. The Morgan fingerprint density at radius 1 is 1.15 bits per heavy atom. The van der Waals surface area contributed by atoms with E-state index in [2.05, 4.69) is 20.8 Å². The van der Waals surface area contributed by atoms with Crippen molar-refractivity contribution < 1.29 is 8.78 Å². The zero-order valence-electron chi connectivity index (χ0n) is 12.6. The van der Waals surface area contributed by atoms with Crippen LogP contribution in [0.3, 0.4) is 0 Å². The summed E-state index contributed by atoms with van der Waals surface area (Å²) in [5.41, 5.74) is 6.25. The normalized spacial score (nSPS) is 27.6. The summed E-state index contributed by atoms with van der Waals surface area (Å²) < 4.78 is 28.2. The Morgan fingerprint density at radius 3 is 2.25 bits per heavy atom. The minimum atomic E-state index is -0.428. The third kappa shape index (κ3) is 3.03. The van der Waals surface area contributed by atoms with Gasteiger partial charge in [0.2, 0.25) is 0 Å². The Bertz CT molecular complexity index is 444. The number of hydrogen-bond donors (Lipinski definition) is 1. The standard InChI is InChI=1S/C17H25F2N/c1-17(2,3)12-8-7-11(10-20)13(9-12)16-14(18)5-4-6-15(16)19/h4-6,11-13H,7-10,20H2,1-3H3. The van der Waals surface area contributed by atoms with Crippen molar-refractivity contribution in [1.29, 1.82) is 0 Å². The van der Waals surface area contributed by atoms with Gasteiger partial charge in [-0.1, -0.05) is 26.8 Å². The van der Waals surface area contributed by atoms with Crippen LogP contribution in [0.4, 0.5) is 8.78 Å². The lowest BCUT2D eigenvalue weighted by atomic mass is 9.64. The van der Waals surface area contributed by atoms with Crippen molar-refractivity contribution in [2.24, 2.45) is 23.0 Å². The van der Waals surface area contributed by atoms with Crippen molar-refractivity contribution >= 4 is 0 Å². The number of halogens is 2. The Kier molecular flexibility index (Phi) is 4.48. The Balaban J connectivity index is 2.35. The van der Waals surface area contributed by atoms with E-state index in [9.17, 15) is 8.78 Å². The maximum absolute atomic E-state index is 14.1. The lowest BCUT2D eigenvalue weighted by Crippen LogP contribution is -2.34. The molecule has 112 valence electrons. The number of nitrogens with two attached hydrogens (primary N) is 1. The molecule has 0 bridgehead atoms. The zero-order valence-corrected chi connectivity index (χ0v) is 12.6. The highest BCUT2D eigenvalue weighted by molar-refractivity contribution is 5.25. The van der Waals surface area contributed by atoms with Gasteiger partial charge in [0, 0.05) is 5.56 Å². The molecule has 0 heterocycles. The first-order valence-electron chi connectivity index (χ1n) is 7.48. The second-order valence-corrected chi connectivity index (χ2v) is 7.11. The van der Waals surface area contributed by atoms with E-state index in [4.69, 9.17) is 5.73 Å². The lowest BCUT2D eigenvalue weighted by molar-refractivity contribution is 0.130. The molecule has 1 saturated carbocycles. The topological polar surface area (TPSA) is 26.0 Å². The monoisotopic (exact) mass is 281 g/mol. The van der Waals surface area contributed by atoms with E-state index in [0.29, 0.717) is 12.5 Å². The molecule has 1 aliphatic carbocycles. The van der Waals surface area contributed by atoms with E-state index < -0.39 is 11.6 Å². The highest BCUT2D eigenvalue weighted by Gasteiger charge is 2.38. The minimum absolute atomic E-state index is 0.0980. The summed E-state index contributed by atoms with van der Waals surface area (Å²) in [7, 11) is 0. The Morgan fingerprint density at radius 2 is 1.75 bits per heavy atom. The molecule has 0 spiro atoms. The summed E-state index contributed by atoms with van der Waals surface area (Å²) in [6.07, 6.45) is 2.87. The maximum Gasteiger partial charge on any atom is 0.129 e. The summed E-state index contributed by atoms with van der Waals surface area (Å²) >= 11 is 0. The molecule has 3 atom stereocenters. The van der Waals surface area contributed by atoms with Crippen LogP contribution < -0.4 is 5.73 Å². The van der Waals surface area contributed by atoms with E-state index in [0.717, 1.165) is 19.3 Å². The smallest absolute Gasteiger partial charge is 0.129 e. The average Bonchev–Trinajstić information content (AvgIpc) is 2.37. The predicted molar refractivity (Wildman–Crippen MR) is 78.4 cm³/mol. The van der Waals surface area contributed by atoms with Crippen molar-refractivity contribution in [3.05, 3.63) is 35.4 Å². The second-order valence-electron chi connectivity index (χ2n) is 7.11. The first-order chi connectivity index (χ1) is 9.34. The molecule has 2 N–H and O–H groups in total. The van der Waals surface area contributed by atoms with Gasteiger partial charge in [-0.25, -0.2) is 8.78 Å². The summed E-state index contributed by atoms with van der Waals surface area (Å²) in [4.78, 5) is 0. The molecule has 20 heavy (non-hydrogen) atoms. The van der Waals surface area contributed by atoms with Crippen molar-refractivity contribution in [3.8, 4) is 0 Å². The summed E-state index contributed by atoms with van der Waals surface area (Å²) in [5.74, 6) is -0.292. The highest BCUT2D eigenvalue weighted by atomic mass is 19.1. The first-order valence-corrected chi connectivity index (χ1v) is 7.48. The quantitative estimate of drug-likeness (QED) is 0.850. The van der Waals surface area contributed by atoms with Crippen molar-refractivity contribution in [2.75, 3.05) is 6.54 Å². The maximum atomic E-state index is 14.1. The van der Waals surface area contributed by atoms with Crippen LogP contribution in [-0.2, 0) is 0 Å². The van der Waals surface area contributed by atoms with Gasteiger partial charge in [0.15, 0.2) is 0 Å². The van der Waals surface area contributed by atoms with Gasteiger partial charge in [0.1, 0.15) is 11.6 Å². The number of benzene rings is 1. The van der Waals surface area contributed by atoms with Crippen LogP contribution in [0.5, 0.6) is 0 Å². The summed E-state index contributed by atoms with van der Waals surface area (Å²) in [6, 6.07) is 4.13. The molecule has 1 fully saturated rings. The van der Waals surface area contributed by atoms with Gasteiger partial charge >= 0.3 is 0 Å². The van der Waals surface area contributed by atoms with Crippen LogP contribution in [0.25, 0.3) is 0 Å². The molecule has 0 aliphatic heterocycles. The molecule has 0 amide bonds. The lowest BCUT2D eigenvalue weighted by Gasteiger charge is -2.42. The van der Waals surface area contributed by atoms with E-state index in [1.165, 1.54) is 18.2 Å². The summed E-state index contributed by atoms with van der Waals surface area (Å²) in [6.45, 7) is 7.11. The van der Waals surface area contributed by atoms with Crippen LogP contribution in [-0.4, -0.2) is 6.54 Å². The Hall–Kier alpha value is -0.960. The molecule has 3 heteroatoms. The zero-order chi connectivity index (χ0) is 14.9. The van der Waals surface area contributed by atoms with Gasteiger partial charge in [-0.15, -0.1) is 0 Å². The molecule has 1 nitrogen and oxygen atoms in total. The fourth-order valence-corrected chi connectivity index (χ4v) is 3.52. The summed E-state index contributed by atoms with van der Waals surface area (Å²) in [5, 5.41) is 0. The van der Waals surface area contributed by atoms with E-state index >= 15 is 0 Å². The minimum Gasteiger partial charge on any atom is -0.330 e. The van der Waals surface area contributed by atoms with Crippen LogP contribution in [0.15, 0.2) is 18.2 Å². The van der Waals surface area contributed by atoms with Crippen LogP contribution in [0.2, 0.25) is 0 Å². The third-order valence-electron chi connectivity index (χ3n) is 4.89. The molecule has 0 radical (unpaired) electrons. The van der Waals surface area contributed by atoms with Crippen molar-refractivity contribution in [2.45, 2.75) is 46.0 Å². The molecular weight excluding hydrogens is 256 g/mol. The van der Waals surface area contributed by atoms with Crippen molar-refractivity contribution in [1.82, 2.24) is 0 Å².